The van der Waals surface area contributed by atoms with E-state index in [9.17, 15) is 9.59 Å². The van der Waals surface area contributed by atoms with Crippen LogP contribution in [-0.2, 0) is 22.7 Å². The van der Waals surface area contributed by atoms with E-state index in [0.29, 0.717) is 25.9 Å². The van der Waals surface area contributed by atoms with Crippen molar-refractivity contribution in [3.05, 3.63) is 83.9 Å². The first-order valence-electron chi connectivity index (χ1n) is 10.1. The number of hydrogen-bond donors (Lipinski definition) is 2. The monoisotopic (exact) mass is 392 g/mol. The Morgan fingerprint density at radius 2 is 1.38 bits per heavy atom. The molecular formula is C24H28N2O3. The molecule has 2 atom stereocenters. The molecule has 2 amide bonds. The molecule has 0 saturated carbocycles. The molecule has 3 rings (SSSR count). The summed E-state index contributed by atoms with van der Waals surface area (Å²) in [5, 5.41) is 11.7. The van der Waals surface area contributed by atoms with Crippen molar-refractivity contribution in [1.82, 2.24) is 10.2 Å². The van der Waals surface area contributed by atoms with E-state index in [-0.39, 0.29) is 25.0 Å². The smallest absolute Gasteiger partial charge is 0.227 e. The van der Waals surface area contributed by atoms with Gasteiger partial charge in [0.1, 0.15) is 0 Å². The largest absolute Gasteiger partial charge is 0.395 e. The highest BCUT2D eigenvalue weighted by molar-refractivity contribution is 5.88. The average molecular weight is 392 g/mol. The Labute approximate surface area is 172 Å². The van der Waals surface area contributed by atoms with Crippen LogP contribution in [0.5, 0.6) is 0 Å². The molecule has 0 saturated heterocycles. The molecule has 0 aromatic heterocycles. The maximum atomic E-state index is 13.6. The van der Waals surface area contributed by atoms with Crippen molar-refractivity contribution in [3.63, 3.8) is 0 Å². The van der Waals surface area contributed by atoms with Gasteiger partial charge in [-0.05, 0) is 24.0 Å². The van der Waals surface area contributed by atoms with Gasteiger partial charge in [-0.2, -0.15) is 0 Å². The first-order valence-corrected chi connectivity index (χ1v) is 10.1. The molecule has 1 aliphatic carbocycles. The van der Waals surface area contributed by atoms with Gasteiger partial charge in [0, 0.05) is 19.6 Å². The van der Waals surface area contributed by atoms with Gasteiger partial charge in [-0.3, -0.25) is 9.59 Å². The number of carbonyl (C=O) groups is 2. The number of carbonyl (C=O) groups excluding carboxylic acids is 2. The van der Waals surface area contributed by atoms with Crippen molar-refractivity contribution in [2.75, 3.05) is 13.2 Å². The Morgan fingerprint density at radius 3 is 1.90 bits per heavy atom. The molecule has 5 nitrogen and oxygen atoms in total. The average Bonchev–Trinajstić information content (AvgIpc) is 2.78. The molecule has 29 heavy (non-hydrogen) atoms. The molecule has 0 fully saturated rings. The Bertz CT molecular complexity index is 779. The van der Waals surface area contributed by atoms with Gasteiger partial charge in [0.15, 0.2) is 0 Å². The minimum Gasteiger partial charge on any atom is -0.395 e. The van der Waals surface area contributed by atoms with E-state index in [2.05, 4.69) is 5.32 Å². The Balaban J connectivity index is 1.81. The van der Waals surface area contributed by atoms with E-state index in [1.165, 1.54) is 0 Å². The lowest BCUT2D eigenvalue weighted by atomic mass is 9.81. The second-order valence-corrected chi connectivity index (χ2v) is 7.34. The highest BCUT2D eigenvalue weighted by Gasteiger charge is 2.36. The highest BCUT2D eigenvalue weighted by atomic mass is 16.3. The van der Waals surface area contributed by atoms with Crippen molar-refractivity contribution in [2.45, 2.75) is 25.9 Å². The number of aliphatic hydroxyl groups excluding tert-OH is 1. The molecule has 0 bridgehead atoms. The number of rotatable bonds is 8. The van der Waals surface area contributed by atoms with Gasteiger partial charge in [-0.1, -0.05) is 72.8 Å². The normalized spacial score (nSPS) is 18.2. The number of nitrogens with one attached hydrogen (secondary N) is 1. The molecule has 0 spiro atoms. The van der Waals surface area contributed by atoms with Crippen LogP contribution in [0.25, 0.3) is 0 Å². The van der Waals surface area contributed by atoms with Crippen LogP contribution in [0.15, 0.2) is 72.8 Å². The van der Waals surface area contributed by atoms with E-state index < -0.39 is 11.8 Å². The summed E-state index contributed by atoms with van der Waals surface area (Å²) < 4.78 is 0. The van der Waals surface area contributed by atoms with Crippen LogP contribution in [0.4, 0.5) is 0 Å². The standard InChI is InChI=1S/C24H28N2O3/c27-16-15-25-23(28)21-13-7-8-14-22(21)24(29)26(17-19-9-3-1-4-10-19)18-20-11-5-2-6-12-20/h1-12,21-22,27H,13-18H2,(H,25,28). The van der Waals surface area contributed by atoms with Crippen LogP contribution in [0.3, 0.4) is 0 Å². The van der Waals surface area contributed by atoms with Crippen molar-refractivity contribution in [1.29, 1.82) is 0 Å². The molecule has 2 aromatic rings. The van der Waals surface area contributed by atoms with Crippen LogP contribution < -0.4 is 5.32 Å². The fraction of sp³-hybridized carbons (Fsp3) is 0.333. The van der Waals surface area contributed by atoms with Gasteiger partial charge in [0.2, 0.25) is 11.8 Å². The van der Waals surface area contributed by atoms with Crippen molar-refractivity contribution < 1.29 is 14.7 Å². The number of nitrogens with zero attached hydrogens (tertiary/aromatic N) is 1. The van der Waals surface area contributed by atoms with Gasteiger partial charge in [-0.25, -0.2) is 0 Å². The lowest BCUT2D eigenvalue weighted by Crippen LogP contribution is -2.44. The van der Waals surface area contributed by atoms with Crippen molar-refractivity contribution in [3.8, 4) is 0 Å². The van der Waals surface area contributed by atoms with Crippen molar-refractivity contribution >= 4 is 11.8 Å². The quantitative estimate of drug-likeness (QED) is 0.679. The molecule has 0 aliphatic heterocycles. The summed E-state index contributed by atoms with van der Waals surface area (Å²) in [4.78, 5) is 28.0. The molecule has 2 N–H and O–H groups in total. The predicted octanol–water partition coefficient (Wildman–Crippen LogP) is 2.91. The summed E-state index contributed by atoms with van der Waals surface area (Å²) in [6.07, 6.45) is 5.04. The second-order valence-electron chi connectivity index (χ2n) is 7.34. The van der Waals surface area contributed by atoms with Crippen molar-refractivity contribution in [2.24, 2.45) is 11.8 Å². The maximum absolute atomic E-state index is 13.6. The van der Waals surface area contributed by atoms with Gasteiger partial charge in [0.25, 0.3) is 0 Å². The molecule has 1 aliphatic rings. The summed E-state index contributed by atoms with van der Waals surface area (Å²) >= 11 is 0. The zero-order valence-corrected chi connectivity index (χ0v) is 16.5. The number of benzene rings is 2. The Morgan fingerprint density at radius 1 is 0.862 bits per heavy atom. The van der Waals surface area contributed by atoms with Gasteiger partial charge in [-0.15, -0.1) is 0 Å². The number of amides is 2. The summed E-state index contributed by atoms with van der Waals surface area (Å²) in [6, 6.07) is 19.8. The maximum Gasteiger partial charge on any atom is 0.227 e. The van der Waals surface area contributed by atoms with Crippen LogP contribution in [0.2, 0.25) is 0 Å². The molecule has 2 aromatic carbocycles. The summed E-state index contributed by atoms with van der Waals surface area (Å²) in [5.41, 5.74) is 2.12. The topological polar surface area (TPSA) is 69.6 Å². The summed E-state index contributed by atoms with van der Waals surface area (Å²) in [6.45, 7) is 1.10. The molecule has 152 valence electrons. The summed E-state index contributed by atoms with van der Waals surface area (Å²) in [5.74, 6) is -0.980. The third-order valence-electron chi connectivity index (χ3n) is 5.24. The van der Waals surface area contributed by atoms with Crippen LogP contribution in [0, 0.1) is 11.8 Å². The third kappa shape index (κ3) is 5.78. The van der Waals surface area contributed by atoms with E-state index in [1.54, 1.807) is 0 Å². The van der Waals surface area contributed by atoms with Crippen LogP contribution >= 0.6 is 0 Å². The van der Waals surface area contributed by atoms with E-state index in [4.69, 9.17) is 5.11 Å². The summed E-state index contributed by atoms with van der Waals surface area (Å²) in [7, 11) is 0. The molecule has 0 radical (unpaired) electrons. The number of aliphatic hydroxyl groups is 1. The lowest BCUT2D eigenvalue weighted by molar-refractivity contribution is -0.143. The van der Waals surface area contributed by atoms with Gasteiger partial charge >= 0.3 is 0 Å². The first-order chi connectivity index (χ1) is 14.2. The van der Waals surface area contributed by atoms with E-state index in [1.807, 2.05) is 77.7 Å². The minimum atomic E-state index is -0.409. The Kier molecular flexibility index (Phi) is 7.59. The molecule has 5 heteroatoms. The first kappa shape index (κ1) is 20.8. The van der Waals surface area contributed by atoms with E-state index in [0.717, 1.165) is 11.1 Å². The Hall–Kier alpha value is -2.92. The number of allylic oxidation sites excluding steroid dienone is 2. The SMILES string of the molecule is O=C(NCCO)C1CC=CCC1C(=O)N(Cc1ccccc1)Cc1ccccc1. The zero-order valence-electron chi connectivity index (χ0n) is 16.5. The predicted molar refractivity (Wildman–Crippen MR) is 113 cm³/mol. The second kappa shape index (κ2) is 10.6. The number of hydrogen-bond acceptors (Lipinski definition) is 3. The molecular weight excluding hydrogens is 364 g/mol. The molecule has 2 unspecified atom stereocenters. The zero-order chi connectivity index (χ0) is 20.5. The van der Waals surface area contributed by atoms with Gasteiger partial charge in [0.05, 0.1) is 18.4 Å². The lowest BCUT2D eigenvalue weighted by Gasteiger charge is -2.32. The van der Waals surface area contributed by atoms with Gasteiger partial charge < -0.3 is 15.3 Å². The fourth-order valence-electron chi connectivity index (χ4n) is 3.74. The van der Waals surface area contributed by atoms with Crippen LogP contribution in [0.1, 0.15) is 24.0 Å². The third-order valence-corrected chi connectivity index (χ3v) is 5.24. The molecule has 0 heterocycles. The fourth-order valence-corrected chi connectivity index (χ4v) is 3.74. The minimum absolute atomic E-state index is 0.00814. The highest BCUT2D eigenvalue weighted by Crippen LogP contribution is 2.29. The van der Waals surface area contributed by atoms with E-state index >= 15 is 0 Å². The van der Waals surface area contributed by atoms with Crippen LogP contribution in [-0.4, -0.2) is 35.0 Å².